The van der Waals surface area contributed by atoms with E-state index in [1.807, 2.05) is 18.5 Å². The van der Waals surface area contributed by atoms with Crippen LogP contribution in [0.25, 0.3) is 0 Å². The average molecular weight is 363 g/mol. The van der Waals surface area contributed by atoms with E-state index in [0.717, 1.165) is 30.1 Å². The van der Waals surface area contributed by atoms with Crippen LogP contribution in [-0.4, -0.2) is 33.3 Å². The lowest BCUT2D eigenvalue weighted by atomic mass is 10.0. The molecule has 0 radical (unpaired) electrons. The first-order valence-corrected chi connectivity index (χ1v) is 10.5. The normalized spacial score (nSPS) is 15.8. The molecule has 1 aliphatic carbocycles. The maximum Gasteiger partial charge on any atom is 0.191 e. The largest absolute Gasteiger partial charge is 0.356 e. The molecule has 1 aromatic heterocycles. The van der Waals surface area contributed by atoms with Crippen molar-refractivity contribution in [2.24, 2.45) is 18.0 Å². The number of nitrogens with one attached hydrogen (secondary N) is 2. The van der Waals surface area contributed by atoms with Crippen LogP contribution in [0, 0.1) is 12.8 Å². The number of guanidine groups is 1. The number of hydrogen-bond donors (Lipinski definition) is 2. The molecule has 2 rings (SSSR count). The van der Waals surface area contributed by atoms with Gasteiger partial charge in [0.15, 0.2) is 11.8 Å². The molecular weight excluding hydrogens is 324 g/mol. The zero-order chi connectivity index (χ0) is 18.8. The molecule has 0 unspecified atom stereocenters. The summed E-state index contributed by atoms with van der Waals surface area (Å²) < 4.78 is 2.01. The minimum Gasteiger partial charge on any atom is -0.356 e. The number of aromatic nitrogens is 3. The van der Waals surface area contributed by atoms with E-state index < -0.39 is 0 Å². The zero-order valence-corrected chi connectivity index (χ0v) is 17.2. The summed E-state index contributed by atoms with van der Waals surface area (Å²) in [5.41, 5.74) is 0. The molecule has 0 amide bonds. The molecule has 148 valence electrons. The van der Waals surface area contributed by atoms with Gasteiger partial charge in [-0.1, -0.05) is 52.4 Å². The third-order valence-corrected chi connectivity index (χ3v) is 5.26. The second-order valence-corrected chi connectivity index (χ2v) is 8.04. The van der Waals surface area contributed by atoms with Crippen molar-refractivity contribution in [2.75, 3.05) is 6.54 Å². The molecule has 0 aromatic carbocycles. The Morgan fingerprint density at radius 3 is 2.54 bits per heavy atom. The topological polar surface area (TPSA) is 67.1 Å². The summed E-state index contributed by atoms with van der Waals surface area (Å²) in [6.07, 6.45) is 11.7. The number of aliphatic imine (C=N–C) groups is 1. The number of aryl methyl sites for hydroxylation is 1. The first-order valence-electron chi connectivity index (χ1n) is 10.5. The van der Waals surface area contributed by atoms with Gasteiger partial charge in [-0.15, -0.1) is 10.2 Å². The smallest absolute Gasteiger partial charge is 0.191 e. The SMILES string of the molecule is Cc1nnc(CN=C(NCCCCCCC(C)C)NC2CCCC2)n1C. The van der Waals surface area contributed by atoms with E-state index in [4.69, 9.17) is 4.99 Å². The van der Waals surface area contributed by atoms with Crippen LogP contribution < -0.4 is 10.6 Å². The summed E-state index contributed by atoms with van der Waals surface area (Å²) in [5, 5.41) is 15.5. The van der Waals surface area contributed by atoms with E-state index in [1.54, 1.807) is 0 Å². The molecule has 26 heavy (non-hydrogen) atoms. The second kappa shape index (κ2) is 11.2. The summed E-state index contributed by atoms with van der Waals surface area (Å²) in [4.78, 5) is 4.76. The maximum absolute atomic E-state index is 4.76. The number of unbranched alkanes of at least 4 members (excludes halogenated alkanes) is 3. The van der Waals surface area contributed by atoms with Crippen molar-refractivity contribution in [2.45, 2.75) is 91.1 Å². The molecule has 0 saturated heterocycles. The van der Waals surface area contributed by atoms with Gasteiger partial charge in [-0.25, -0.2) is 4.99 Å². The quantitative estimate of drug-likeness (QED) is 0.378. The highest BCUT2D eigenvalue weighted by molar-refractivity contribution is 5.80. The van der Waals surface area contributed by atoms with Crippen LogP contribution in [0.2, 0.25) is 0 Å². The lowest BCUT2D eigenvalue weighted by Gasteiger charge is -2.17. The fourth-order valence-corrected chi connectivity index (χ4v) is 3.39. The zero-order valence-electron chi connectivity index (χ0n) is 17.2. The van der Waals surface area contributed by atoms with E-state index in [0.29, 0.717) is 12.6 Å². The van der Waals surface area contributed by atoms with Crippen molar-refractivity contribution in [3.05, 3.63) is 11.6 Å². The standard InChI is InChI=1S/C20H38N6/c1-16(2)11-7-5-6-10-14-21-20(23-18-12-8-9-13-18)22-15-19-25-24-17(3)26(19)4/h16,18H,5-15H2,1-4H3,(H2,21,22,23). The Hall–Kier alpha value is -1.59. The van der Waals surface area contributed by atoms with E-state index in [2.05, 4.69) is 34.7 Å². The molecule has 1 fully saturated rings. The highest BCUT2D eigenvalue weighted by atomic mass is 15.3. The molecule has 1 heterocycles. The molecule has 1 aliphatic rings. The van der Waals surface area contributed by atoms with Crippen molar-refractivity contribution >= 4 is 5.96 Å². The molecule has 6 nitrogen and oxygen atoms in total. The van der Waals surface area contributed by atoms with Crippen LogP contribution in [0.3, 0.4) is 0 Å². The van der Waals surface area contributed by atoms with Crippen molar-refractivity contribution < 1.29 is 0 Å². The minimum atomic E-state index is 0.563. The molecule has 1 aromatic rings. The summed E-state index contributed by atoms with van der Waals surface area (Å²) >= 11 is 0. The van der Waals surface area contributed by atoms with Crippen molar-refractivity contribution in [3.63, 3.8) is 0 Å². The van der Waals surface area contributed by atoms with E-state index in [1.165, 1.54) is 57.8 Å². The fourth-order valence-electron chi connectivity index (χ4n) is 3.39. The van der Waals surface area contributed by atoms with Crippen LogP contribution in [0.15, 0.2) is 4.99 Å². The Balaban J connectivity index is 1.77. The number of nitrogens with zero attached hydrogens (tertiary/aromatic N) is 4. The molecule has 6 heteroatoms. The van der Waals surface area contributed by atoms with Crippen molar-refractivity contribution in [1.82, 2.24) is 25.4 Å². The van der Waals surface area contributed by atoms with Gasteiger partial charge in [0, 0.05) is 19.6 Å². The van der Waals surface area contributed by atoms with E-state index >= 15 is 0 Å². The monoisotopic (exact) mass is 362 g/mol. The molecule has 2 N–H and O–H groups in total. The summed E-state index contributed by atoms with van der Waals surface area (Å²) in [5.74, 6) is 3.59. The van der Waals surface area contributed by atoms with Gasteiger partial charge in [0.25, 0.3) is 0 Å². The van der Waals surface area contributed by atoms with E-state index in [9.17, 15) is 0 Å². The average Bonchev–Trinajstić information content (AvgIpc) is 3.22. The summed E-state index contributed by atoms with van der Waals surface area (Å²) in [7, 11) is 1.99. The van der Waals surface area contributed by atoms with Gasteiger partial charge in [0.1, 0.15) is 12.4 Å². The van der Waals surface area contributed by atoms with Gasteiger partial charge < -0.3 is 15.2 Å². The van der Waals surface area contributed by atoms with Gasteiger partial charge in [-0.3, -0.25) is 0 Å². The second-order valence-electron chi connectivity index (χ2n) is 8.04. The van der Waals surface area contributed by atoms with Crippen molar-refractivity contribution in [1.29, 1.82) is 0 Å². The molecule has 0 aliphatic heterocycles. The first-order chi connectivity index (χ1) is 12.6. The Morgan fingerprint density at radius 1 is 1.15 bits per heavy atom. The minimum absolute atomic E-state index is 0.563. The highest BCUT2D eigenvalue weighted by Gasteiger charge is 2.16. The third-order valence-electron chi connectivity index (χ3n) is 5.26. The fraction of sp³-hybridized carbons (Fsp3) is 0.850. The van der Waals surface area contributed by atoms with Gasteiger partial charge in [0.05, 0.1) is 0 Å². The van der Waals surface area contributed by atoms with Crippen LogP contribution in [0.1, 0.15) is 83.3 Å². The lowest BCUT2D eigenvalue weighted by Crippen LogP contribution is -2.42. The van der Waals surface area contributed by atoms with Crippen LogP contribution >= 0.6 is 0 Å². The molecular formula is C20H38N6. The Morgan fingerprint density at radius 2 is 1.88 bits per heavy atom. The first kappa shape index (κ1) is 20.7. The predicted molar refractivity (Wildman–Crippen MR) is 108 cm³/mol. The lowest BCUT2D eigenvalue weighted by molar-refractivity contribution is 0.518. The van der Waals surface area contributed by atoms with Crippen LogP contribution in [0.5, 0.6) is 0 Å². The Bertz CT molecular complexity index is 542. The molecule has 0 bridgehead atoms. The van der Waals surface area contributed by atoms with Gasteiger partial charge in [-0.2, -0.15) is 0 Å². The van der Waals surface area contributed by atoms with Crippen LogP contribution in [0.4, 0.5) is 0 Å². The Kier molecular flexibility index (Phi) is 8.92. The number of hydrogen-bond acceptors (Lipinski definition) is 3. The summed E-state index contributed by atoms with van der Waals surface area (Å²) in [6.45, 7) is 8.12. The third kappa shape index (κ3) is 7.34. The predicted octanol–water partition coefficient (Wildman–Crippen LogP) is 3.71. The molecule has 0 atom stereocenters. The number of rotatable bonds is 10. The van der Waals surface area contributed by atoms with Gasteiger partial charge in [0.2, 0.25) is 0 Å². The van der Waals surface area contributed by atoms with Crippen LogP contribution in [-0.2, 0) is 13.6 Å². The summed E-state index contributed by atoms with van der Waals surface area (Å²) in [6, 6.07) is 0.563. The molecule has 0 spiro atoms. The van der Waals surface area contributed by atoms with Crippen molar-refractivity contribution in [3.8, 4) is 0 Å². The molecule has 1 saturated carbocycles. The van der Waals surface area contributed by atoms with E-state index in [-0.39, 0.29) is 0 Å². The highest BCUT2D eigenvalue weighted by Crippen LogP contribution is 2.17. The maximum atomic E-state index is 4.76. The van der Waals surface area contributed by atoms with Gasteiger partial charge in [-0.05, 0) is 32.1 Å². The Labute approximate surface area is 159 Å². The van der Waals surface area contributed by atoms with Gasteiger partial charge >= 0.3 is 0 Å².